The fraction of sp³-hybridized carbons (Fsp3) is 0.568. The molecule has 0 aliphatic carbocycles. The van der Waals surface area contributed by atoms with E-state index >= 15 is 0 Å². The Hall–Kier alpha value is -1.44. The molecule has 0 spiro atoms. The number of hydrogen-bond donors (Lipinski definition) is 1. The van der Waals surface area contributed by atoms with Crippen LogP contribution in [0.25, 0.3) is 29.3 Å². The van der Waals surface area contributed by atoms with E-state index in [1.807, 2.05) is 52.3 Å². The Morgan fingerprint density at radius 1 is 0.827 bits per heavy atom. The summed E-state index contributed by atoms with van der Waals surface area (Å²) >= 11 is 19.3. The summed E-state index contributed by atoms with van der Waals surface area (Å²) in [6.45, 7) is 20.6. The largest absolute Gasteiger partial charge is 0.379 e. The van der Waals surface area contributed by atoms with E-state index in [4.69, 9.17) is 29.6 Å². The van der Waals surface area contributed by atoms with Gasteiger partial charge >= 0.3 is 0 Å². The van der Waals surface area contributed by atoms with Gasteiger partial charge in [-0.3, -0.25) is 0 Å². The number of thiol groups is 1. The third-order valence-electron chi connectivity index (χ3n) is 10.6. The number of nitrogens with zero attached hydrogens (tertiary/aromatic N) is 1. The second kappa shape index (κ2) is 18.9. The average Bonchev–Trinajstić information content (AvgIpc) is 3.95. The van der Waals surface area contributed by atoms with Gasteiger partial charge in [0.05, 0.1) is 11.5 Å². The van der Waals surface area contributed by atoms with Crippen molar-refractivity contribution >= 4 is 75.2 Å². The van der Waals surface area contributed by atoms with Gasteiger partial charge in [0.2, 0.25) is 0 Å². The van der Waals surface area contributed by atoms with Crippen LogP contribution in [0.5, 0.6) is 0 Å². The lowest BCUT2D eigenvalue weighted by atomic mass is 9.83. The quantitative estimate of drug-likeness (QED) is 0.0413. The van der Waals surface area contributed by atoms with Crippen LogP contribution in [-0.4, -0.2) is 29.6 Å². The van der Waals surface area contributed by atoms with Gasteiger partial charge < -0.3 is 9.64 Å². The first-order chi connectivity index (χ1) is 24.9. The Bertz CT molecular complexity index is 1820. The maximum Gasteiger partial charge on any atom is 0.112 e. The normalized spacial score (nSPS) is 15.3. The minimum Gasteiger partial charge on any atom is -0.379 e. The molecule has 8 heteroatoms. The summed E-state index contributed by atoms with van der Waals surface area (Å²) in [6.07, 6.45) is 11.9. The van der Waals surface area contributed by atoms with Crippen molar-refractivity contribution in [2.75, 3.05) is 19.8 Å². The van der Waals surface area contributed by atoms with Crippen LogP contribution in [0.2, 0.25) is 0 Å². The molecular formula is C44H59NOS6. The first-order valence-electron chi connectivity index (χ1n) is 19.4. The predicted molar refractivity (Wildman–Crippen MR) is 241 cm³/mol. The van der Waals surface area contributed by atoms with E-state index in [-0.39, 0.29) is 16.2 Å². The highest BCUT2D eigenvalue weighted by Crippen LogP contribution is 2.54. The Labute approximate surface area is 342 Å². The summed E-state index contributed by atoms with van der Waals surface area (Å²) in [5, 5.41) is -0.0729. The molecule has 0 amide bonds. The van der Waals surface area contributed by atoms with Gasteiger partial charge in [0.1, 0.15) is 10.4 Å². The number of thiocarbonyl (C=S) groups is 1. The molecule has 5 heterocycles. The zero-order chi connectivity index (χ0) is 37.5. The van der Waals surface area contributed by atoms with Crippen LogP contribution in [-0.2, 0) is 15.6 Å². The van der Waals surface area contributed by atoms with Crippen LogP contribution in [0, 0.1) is 17.8 Å². The van der Waals surface area contributed by atoms with E-state index in [0.29, 0.717) is 12.5 Å². The van der Waals surface area contributed by atoms with Crippen molar-refractivity contribution in [1.29, 1.82) is 0 Å². The fourth-order valence-corrected chi connectivity index (χ4v) is 13.1. The van der Waals surface area contributed by atoms with Gasteiger partial charge in [0.15, 0.2) is 0 Å². The van der Waals surface area contributed by atoms with E-state index in [0.717, 1.165) is 31.0 Å². The number of unbranched alkanes of at least 4 members (excludes halogenated alkanes) is 3. The Kier molecular flexibility index (Phi) is 15.2. The van der Waals surface area contributed by atoms with Gasteiger partial charge in [0.25, 0.3) is 0 Å². The second-order valence-electron chi connectivity index (χ2n) is 15.6. The van der Waals surface area contributed by atoms with Gasteiger partial charge in [0, 0.05) is 70.3 Å². The summed E-state index contributed by atoms with van der Waals surface area (Å²) in [4.78, 5) is 14.1. The lowest BCUT2D eigenvalue weighted by Crippen LogP contribution is -2.30. The minimum atomic E-state index is -0.0729. The van der Waals surface area contributed by atoms with Gasteiger partial charge in [-0.1, -0.05) is 99.2 Å². The first kappa shape index (κ1) is 41.7. The Morgan fingerprint density at radius 2 is 1.46 bits per heavy atom. The molecule has 0 N–H and O–H groups in total. The molecule has 0 radical (unpaired) electrons. The van der Waals surface area contributed by atoms with E-state index in [9.17, 15) is 0 Å². The van der Waals surface area contributed by atoms with E-state index < -0.39 is 0 Å². The van der Waals surface area contributed by atoms with Gasteiger partial charge in [-0.2, -0.15) is 0 Å². The lowest BCUT2D eigenvalue weighted by molar-refractivity contribution is 0.0846. The topological polar surface area (TPSA) is 12.5 Å². The maximum absolute atomic E-state index is 6.31. The number of ether oxygens (including phenoxy) is 1. The lowest BCUT2D eigenvalue weighted by Gasteiger charge is -2.28. The second-order valence-corrected chi connectivity index (χ2v) is 20.7. The Morgan fingerprint density at radius 3 is 2.12 bits per heavy atom. The monoisotopic (exact) mass is 809 g/mol. The molecule has 4 aromatic heterocycles. The summed E-state index contributed by atoms with van der Waals surface area (Å²) in [6, 6.07) is 13.9. The minimum absolute atomic E-state index is 0.0412. The number of hydrogen-bond acceptors (Lipinski definition) is 7. The molecule has 1 aliphatic heterocycles. The molecule has 2 atom stereocenters. The summed E-state index contributed by atoms with van der Waals surface area (Å²) in [5.41, 5.74) is 2.70. The molecule has 2 unspecified atom stereocenters. The molecule has 0 aromatic carbocycles. The van der Waals surface area contributed by atoms with E-state index in [2.05, 4.69) is 102 Å². The third-order valence-corrected chi connectivity index (χ3v) is 17.4. The molecule has 0 saturated heterocycles. The molecule has 1 aliphatic rings. The molecule has 4 aromatic rings. The van der Waals surface area contributed by atoms with Crippen molar-refractivity contribution in [2.45, 2.75) is 136 Å². The summed E-state index contributed by atoms with van der Waals surface area (Å²) in [5.74, 6) is 7.04. The average molecular weight is 810 g/mol. The van der Waals surface area contributed by atoms with Crippen molar-refractivity contribution in [3.05, 3.63) is 57.3 Å². The van der Waals surface area contributed by atoms with Crippen LogP contribution in [0.15, 0.2) is 36.4 Å². The molecule has 52 heavy (non-hydrogen) atoms. The zero-order valence-electron chi connectivity index (χ0n) is 32.7. The van der Waals surface area contributed by atoms with Crippen LogP contribution < -0.4 is 0 Å². The van der Waals surface area contributed by atoms with Crippen LogP contribution in [0.1, 0.15) is 146 Å². The number of thiophene rings is 4. The van der Waals surface area contributed by atoms with Crippen LogP contribution in [0.3, 0.4) is 0 Å². The summed E-state index contributed by atoms with van der Waals surface area (Å²) < 4.78 is 6.28. The highest BCUT2D eigenvalue weighted by molar-refractivity contribution is 7.82. The fourth-order valence-electron chi connectivity index (χ4n) is 7.11. The molecule has 5 rings (SSSR count). The van der Waals surface area contributed by atoms with Crippen LogP contribution in [0.4, 0.5) is 0 Å². The van der Waals surface area contributed by atoms with Crippen molar-refractivity contribution in [3.8, 4) is 41.1 Å². The molecule has 0 bridgehead atoms. The van der Waals surface area contributed by atoms with Gasteiger partial charge in [-0.15, -0.1) is 69.8 Å². The predicted octanol–water partition coefficient (Wildman–Crippen LogP) is 15.0. The molecular weight excluding hydrogens is 751 g/mol. The Balaban J connectivity index is 1.39. The van der Waals surface area contributed by atoms with E-state index in [1.165, 1.54) is 102 Å². The van der Waals surface area contributed by atoms with Crippen molar-refractivity contribution in [1.82, 2.24) is 4.90 Å². The third kappa shape index (κ3) is 9.67. The van der Waals surface area contributed by atoms with Gasteiger partial charge in [-0.25, -0.2) is 0 Å². The van der Waals surface area contributed by atoms with Gasteiger partial charge in [-0.05, 0) is 73.9 Å². The van der Waals surface area contributed by atoms with Crippen molar-refractivity contribution < 1.29 is 4.74 Å². The van der Waals surface area contributed by atoms with Crippen LogP contribution >= 0.6 is 70.2 Å². The maximum atomic E-state index is 6.31. The number of fused-ring (bicyclic) bond motifs is 1. The molecule has 0 saturated carbocycles. The van der Waals surface area contributed by atoms with E-state index in [1.54, 1.807) is 0 Å². The highest BCUT2D eigenvalue weighted by Gasteiger charge is 2.42. The molecule has 282 valence electrons. The molecule has 0 fully saturated rings. The van der Waals surface area contributed by atoms with Crippen molar-refractivity contribution in [3.63, 3.8) is 0 Å². The smallest absolute Gasteiger partial charge is 0.112 e. The first-order valence-corrected chi connectivity index (χ1v) is 23.6. The molecule has 2 nitrogen and oxygen atoms in total. The number of rotatable bonds is 20. The SMILES string of the molecule is CC#CCCC(C)(C)c1sc(-c2ccc(-c3ccc(-c4ccc(C(C)(C)CCCCC)s4)s3)s2)c2c1C(S)N(CCOCC(CC)CCCC)C2=S. The zero-order valence-corrected chi connectivity index (χ0v) is 37.6. The highest BCUT2D eigenvalue weighted by atomic mass is 32.1. The van der Waals surface area contributed by atoms with Crippen molar-refractivity contribution in [2.24, 2.45) is 5.92 Å². The standard InChI is InChI=1S/C44H59NOS6/c1-9-13-16-25-43(5,6)36-24-23-34(51-36)33-20-19-31(49-33)32-21-22-35(50-32)39-37-38(40(52-39)44(7,8)26-17-14-10-2)42(48)45(41(37)47)27-28-46-29-30(12-4)18-15-11-3/h19-24,30,42,48H,9,11-13,15-18,25-29H2,1-8H3. The summed E-state index contributed by atoms with van der Waals surface area (Å²) in [7, 11) is 0.